The average Bonchev–Trinajstić information content (AvgIpc) is 2.37. The van der Waals surface area contributed by atoms with Crippen LogP contribution in [0.1, 0.15) is 56.6 Å². The van der Waals surface area contributed by atoms with Crippen molar-refractivity contribution >= 4 is 5.91 Å². The molecule has 0 aromatic heterocycles. The fourth-order valence-corrected chi connectivity index (χ4v) is 1.89. The lowest BCUT2D eigenvalue weighted by Crippen LogP contribution is -2.19. The summed E-state index contributed by atoms with van der Waals surface area (Å²) >= 11 is 0. The predicted octanol–water partition coefficient (Wildman–Crippen LogP) is 3.44. The zero-order valence-corrected chi connectivity index (χ0v) is 11.3. The molecule has 0 radical (unpaired) electrons. The van der Waals surface area contributed by atoms with Gasteiger partial charge in [0, 0.05) is 13.5 Å². The topological polar surface area (TPSA) is 29.1 Å². The second kappa shape index (κ2) is 6.43. The lowest BCUT2D eigenvalue weighted by molar-refractivity contribution is -0.120. The molecule has 1 aromatic carbocycles. The minimum Gasteiger partial charge on any atom is -0.359 e. The molecular weight excluding hydrogens is 210 g/mol. The molecule has 2 nitrogen and oxygen atoms in total. The lowest BCUT2D eigenvalue weighted by Gasteiger charge is -2.13. The van der Waals surface area contributed by atoms with Crippen molar-refractivity contribution in [3.8, 4) is 0 Å². The van der Waals surface area contributed by atoms with Crippen LogP contribution in [0.15, 0.2) is 24.3 Å². The Hall–Kier alpha value is -1.31. The van der Waals surface area contributed by atoms with Crippen LogP contribution in [-0.4, -0.2) is 13.0 Å². The normalized spacial score (nSPS) is 14.1. The Kier molecular flexibility index (Phi) is 5.20. The highest BCUT2D eigenvalue weighted by Gasteiger charge is 2.10. The van der Waals surface area contributed by atoms with Gasteiger partial charge in [0.2, 0.25) is 5.91 Å². The molecule has 94 valence electrons. The highest BCUT2D eigenvalue weighted by atomic mass is 16.1. The van der Waals surface area contributed by atoms with Crippen molar-refractivity contribution in [2.24, 2.45) is 0 Å². The van der Waals surface area contributed by atoms with Crippen molar-refractivity contribution in [1.29, 1.82) is 0 Å². The van der Waals surface area contributed by atoms with E-state index in [1.54, 1.807) is 7.05 Å². The van der Waals surface area contributed by atoms with Crippen molar-refractivity contribution in [2.45, 2.75) is 45.4 Å². The van der Waals surface area contributed by atoms with Crippen LogP contribution in [0, 0.1) is 0 Å². The maximum atomic E-state index is 11.3. The molecule has 0 fully saturated rings. The summed E-state index contributed by atoms with van der Waals surface area (Å²) in [5, 5.41) is 2.67. The Morgan fingerprint density at radius 1 is 1.12 bits per heavy atom. The van der Waals surface area contributed by atoms with E-state index in [0.29, 0.717) is 12.3 Å². The summed E-state index contributed by atoms with van der Waals surface area (Å²) in [5.74, 6) is 0.989. The second-order valence-electron chi connectivity index (χ2n) is 4.75. The summed E-state index contributed by atoms with van der Waals surface area (Å²) in [7, 11) is 1.68. The lowest BCUT2D eigenvalue weighted by atomic mass is 9.93. The molecular formula is C15H23NO. The van der Waals surface area contributed by atoms with Gasteiger partial charge in [-0.1, -0.05) is 45.0 Å². The SMILES string of the molecule is CCC(C)c1ccc(C(C)CC(=O)NC)cc1. The van der Waals surface area contributed by atoms with Crippen molar-refractivity contribution in [2.75, 3.05) is 7.05 Å². The van der Waals surface area contributed by atoms with E-state index in [1.165, 1.54) is 11.1 Å². The molecule has 2 unspecified atom stereocenters. The van der Waals surface area contributed by atoms with Gasteiger partial charge in [-0.3, -0.25) is 4.79 Å². The molecule has 0 aliphatic carbocycles. The van der Waals surface area contributed by atoms with Gasteiger partial charge in [0.15, 0.2) is 0 Å². The third-order valence-electron chi connectivity index (χ3n) is 3.46. The van der Waals surface area contributed by atoms with Gasteiger partial charge in [0.25, 0.3) is 0 Å². The molecule has 0 bridgehead atoms. The molecule has 1 aromatic rings. The van der Waals surface area contributed by atoms with Crippen molar-refractivity contribution in [3.63, 3.8) is 0 Å². The van der Waals surface area contributed by atoms with E-state index in [0.717, 1.165) is 6.42 Å². The number of carbonyl (C=O) groups excluding carboxylic acids is 1. The average molecular weight is 233 g/mol. The minimum absolute atomic E-state index is 0.100. The van der Waals surface area contributed by atoms with Crippen LogP contribution in [0.4, 0.5) is 0 Å². The number of nitrogens with one attached hydrogen (secondary N) is 1. The Balaban J connectivity index is 2.70. The fourth-order valence-electron chi connectivity index (χ4n) is 1.89. The highest BCUT2D eigenvalue weighted by Crippen LogP contribution is 2.23. The zero-order chi connectivity index (χ0) is 12.8. The minimum atomic E-state index is 0.100. The molecule has 0 heterocycles. The number of carbonyl (C=O) groups is 1. The standard InChI is InChI=1S/C15H23NO/c1-5-11(2)13-6-8-14(9-7-13)12(3)10-15(17)16-4/h6-9,11-12H,5,10H2,1-4H3,(H,16,17). The largest absolute Gasteiger partial charge is 0.359 e. The van der Waals surface area contributed by atoms with Gasteiger partial charge in [0.1, 0.15) is 0 Å². The fraction of sp³-hybridized carbons (Fsp3) is 0.533. The summed E-state index contributed by atoms with van der Waals surface area (Å²) in [6.45, 7) is 6.53. The van der Waals surface area contributed by atoms with Gasteiger partial charge in [-0.2, -0.15) is 0 Å². The van der Waals surface area contributed by atoms with E-state index in [4.69, 9.17) is 0 Å². The number of hydrogen-bond donors (Lipinski definition) is 1. The molecule has 0 aliphatic rings. The molecule has 0 spiro atoms. The van der Waals surface area contributed by atoms with Crippen LogP contribution in [-0.2, 0) is 4.79 Å². The van der Waals surface area contributed by atoms with Crippen LogP contribution in [0.2, 0.25) is 0 Å². The van der Waals surface area contributed by atoms with Crippen LogP contribution in [0.5, 0.6) is 0 Å². The van der Waals surface area contributed by atoms with Gasteiger partial charge in [-0.05, 0) is 29.4 Å². The van der Waals surface area contributed by atoms with Crippen LogP contribution in [0.25, 0.3) is 0 Å². The Bertz CT molecular complexity index is 356. The van der Waals surface area contributed by atoms with Gasteiger partial charge in [-0.15, -0.1) is 0 Å². The van der Waals surface area contributed by atoms with Gasteiger partial charge >= 0.3 is 0 Å². The van der Waals surface area contributed by atoms with Crippen LogP contribution >= 0.6 is 0 Å². The van der Waals surface area contributed by atoms with Crippen LogP contribution < -0.4 is 5.32 Å². The first-order chi connectivity index (χ1) is 8.08. The summed E-state index contributed by atoms with van der Waals surface area (Å²) in [6, 6.07) is 8.66. The van der Waals surface area contributed by atoms with Gasteiger partial charge in [-0.25, -0.2) is 0 Å². The smallest absolute Gasteiger partial charge is 0.220 e. The number of benzene rings is 1. The summed E-state index contributed by atoms with van der Waals surface area (Å²) in [6.07, 6.45) is 1.71. The Labute approximate surface area is 104 Å². The molecule has 1 amide bonds. The van der Waals surface area contributed by atoms with E-state index in [1.807, 2.05) is 0 Å². The molecule has 1 rings (SSSR count). The summed E-state index contributed by atoms with van der Waals surface area (Å²) in [5.41, 5.74) is 2.61. The number of amides is 1. The van der Waals surface area contributed by atoms with Crippen molar-refractivity contribution in [3.05, 3.63) is 35.4 Å². The maximum absolute atomic E-state index is 11.3. The molecule has 0 saturated carbocycles. The van der Waals surface area contributed by atoms with Crippen LogP contribution in [0.3, 0.4) is 0 Å². The number of hydrogen-bond acceptors (Lipinski definition) is 1. The van der Waals surface area contributed by atoms with E-state index in [9.17, 15) is 4.79 Å². The third-order valence-corrected chi connectivity index (χ3v) is 3.46. The van der Waals surface area contributed by atoms with Gasteiger partial charge in [0.05, 0.1) is 0 Å². The molecule has 0 saturated heterocycles. The van der Waals surface area contributed by atoms with Gasteiger partial charge < -0.3 is 5.32 Å². The van der Waals surface area contributed by atoms with E-state index in [2.05, 4.69) is 50.4 Å². The first kappa shape index (κ1) is 13.8. The first-order valence-corrected chi connectivity index (χ1v) is 6.38. The van der Waals surface area contributed by atoms with E-state index < -0.39 is 0 Å². The first-order valence-electron chi connectivity index (χ1n) is 6.38. The molecule has 2 atom stereocenters. The molecule has 1 N–H and O–H groups in total. The molecule has 0 aliphatic heterocycles. The predicted molar refractivity (Wildman–Crippen MR) is 72.2 cm³/mol. The van der Waals surface area contributed by atoms with E-state index >= 15 is 0 Å². The summed E-state index contributed by atoms with van der Waals surface area (Å²) < 4.78 is 0. The number of rotatable bonds is 5. The Morgan fingerprint density at radius 3 is 2.00 bits per heavy atom. The maximum Gasteiger partial charge on any atom is 0.220 e. The Morgan fingerprint density at radius 2 is 1.59 bits per heavy atom. The van der Waals surface area contributed by atoms with E-state index in [-0.39, 0.29) is 11.8 Å². The van der Waals surface area contributed by atoms with Crippen molar-refractivity contribution in [1.82, 2.24) is 5.32 Å². The quantitative estimate of drug-likeness (QED) is 0.829. The second-order valence-corrected chi connectivity index (χ2v) is 4.75. The summed E-state index contributed by atoms with van der Waals surface area (Å²) in [4.78, 5) is 11.3. The highest BCUT2D eigenvalue weighted by molar-refractivity contribution is 5.76. The monoisotopic (exact) mass is 233 g/mol. The zero-order valence-electron chi connectivity index (χ0n) is 11.3. The molecule has 2 heteroatoms. The molecule has 17 heavy (non-hydrogen) atoms. The third kappa shape index (κ3) is 3.88. The van der Waals surface area contributed by atoms with Crippen molar-refractivity contribution < 1.29 is 4.79 Å².